The summed E-state index contributed by atoms with van der Waals surface area (Å²) in [5.74, 6) is 0. The molecule has 0 aliphatic rings. The predicted octanol–water partition coefficient (Wildman–Crippen LogP) is 3.65. The smallest absolute Gasteiger partial charge is 0.276 e. The van der Waals surface area contributed by atoms with Gasteiger partial charge >= 0.3 is 6.18 Å². The van der Waals surface area contributed by atoms with Crippen LogP contribution < -0.4 is 0 Å². The Bertz CT molecular complexity index is 385. The Morgan fingerprint density at radius 1 is 1.40 bits per heavy atom. The lowest BCUT2D eigenvalue weighted by Gasteiger charge is -2.13. The minimum absolute atomic E-state index is 0.0509. The summed E-state index contributed by atoms with van der Waals surface area (Å²) in [6.45, 7) is 1.55. The van der Waals surface area contributed by atoms with Crippen molar-refractivity contribution in [2.75, 3.05) is 0 Å². The average Bonchev–Trinajstić information content (AvgIpc) is 2.15. The molecule has 1 aromatic carbocycles. The molecule has 82 valence electrons. The molecule has 0 N–H and O–H groups in total. The molecule has 0 fully saturated rings. The molecule has 0 radical (unpaired) electrons. The third kappa shape index (κ3) is 2.50. The number of alkyl halides is 3. The molecule has 0 saturated carbocycles. The van der Waals surface area contributed by atoms with E-state index in [0.29, 0.717) is 0 Å². The minimum atomic E-state index is -4.45. The van der Waals surface area contributed by atoms with Gasteiger partial charge in [-0.2, -0.15) is 13.2 Å². The van der Waals surface area contributed by atoms with Gasteiger partial charge in [-0.05, 0) is 35.7 Å². The highest BCUT2D eigenvalue weighted by Crippen LogP contribution is 2.33. The zero-order chi connectivity index (χ0) is 11.6. The van der Waals surface area contributed by atoms with Gasteiger partial charge in [0.2, 0.25) is 0 Å². The van der Waals surface area contributed by atoms with Crippen molar-refractivity contribution < 1.29 is 18.0 Å². The maximum atomic E-state index is 12.5. The quantitative estimate of drug-likeness (QED) is 0.717. The summed E-state index contributed by atoms with van der Waals surface area (Å²) in [7, 11) is 0. The van der Waals surface area contributed by atoms with Crippen LogP contribution in [0.3, 0.4) is 0 Å². The van der Waals surface area contributed by atoms with E-state index in [-0.39, 0.29) is 17.5 Å². The summed E-state index contributed by atoms with van der Waals surface area (Å²) in [5.41, 5.74) is -0.921. The van der Waals surface area contributed by atoms with Crippen molar-refractivity contribution in [1.82, 2.24) is 0 Å². The van der Waals surface area contributed by atoms with E-state index in [1.807, 2.05) is 0 Å². The zero-order valence-corrected chi connectivity index (χ0v) is 8.62. The first-order valence-electron chi connectivity index (χ1n) is 4.26. The second kappa shape index (κ2) is 4.23. The van der Waals surface area contributed by atoms with E-state index >= 15 is 0 Å². The number of carbonyl (C=O) groups is 1. The molecule has 0 atom stereocenters. The van der Waals surface area contributed by atoms with Gasteiger partial charge in [0.15, 0.2) is 0 Å². The number of benzene rings is 1. The van der Waals surface area contributed by atoms with Crippen molar-refractivity contribution in [2.45, 2.75) is 19.5 Å². The van der Waals surface area contributed by atoms with E-state index in [9.17, 15) is 18.0 Å². The largest absolute Gasteiger partial charge is 0.416 e. The highest BCUT2D eigenvalue weighted by atomic mass is 35.5. The second-order valence-electron chi connectivity index (χ2n) is 2.96. The fourth-order valence-electron chi connectivity index (χ4n) is 1.42. The molecule has 1 nitrogen and oxygen atoms in total. The van der Waals surface area contributed by atoms with E-state index in [1.165, 1.54) is 12.1 Å². The van der Waals surface area contributed by atoms with Crippen LogP contribution >= 0.6 is 11.6 Å². The molecule has 5 heteroatoms. The molecule has 15 heavy (non-hydrogen) atoms. The number of rotatable bonds is 2. The fourth-order valence-corrected chi connectivity index (χ4v) is 1.59. The van der Waals surface area contributed by atoms with Crippen molar-refractivity contribution in [2.24, 2.45) is 0 Å². The molecule has 0 aliphatic heterocycles. The Balaban J connectivity index is 3.42. The molecule has 0 amide bonds. The normalized spacial score (nSPS) is 11.5. The lowest BCUT2D eigenvalue weighted by atomic mass is 9.99. The number of halogens is 4. The summed E-state index contributed by atoms with van der Waals surface area (Å²) in [4.78, 5) is 10.9. The second-order valence-corrected chi connectivity index (χ2v) is 3.30. The molecule has 0 aliphatic carbocycles. The molecular weight excluding hydrogens is 229 g/mol. The number of carbonyl (C=O) groups excluding carboxylic acids is 1. The molecule has 0 unspecified atom stereocenters. The lowest BCUT2D eigenvalue weighted by Crippen LogP contribution is -2.11. The van der Waals surface area contributed by atoms with Crippen LogP contribution in [0.1, 0.15) is 28.4 Å². The van der Waals surface area contributed by atoms with E-state index in [1.54, 1.807) is 6.92 Å². The van der Waals surface area contributed by atoms with Crippen LogP contribution in [0.5, 0.6) is 0 Å². The van der Waals surface area contributed by atoms with Crippen molar-refractivity contribution in [1.29, 1.82) is 0 Å². The van der Waals surface area contributed by atoms with Crippen LogP contribution in [0.4, 0.5) is 13.2 Å². The standard InChI is InChI=1S/C10H8ClF3O/c1-2-6-7(9(11)15)4-3-5-8(6)10(12,13)14/h3-5H,2H2,1H3. The van der Waals surface area contributed by atoms with Gasteiger partial charge in [0, 0.05) is 5.56 Å². The van der Waals surface area contributed by atoms with Gasteiger partial charge in [0.25, 0.3) is 5.24 Å². The molecular formula is C10H8ClF3O. The van der Waals surface area contributed by atoms with Crippen molar-refractivity contribution >= 4 is 16.8 Å². The van der Waals surface area contributed by atoms with Crippen molar-refractivity contribution in [3.8, 4) is 0 Å². The SMILES string of the molecule is CCc1c(C(=O)Cl)cccc1C(F)(F)F. The van der Waals surface area contributed by atoms with Gasteiger partial charge in [-0.25, -0.2) is 0 Å². The van der Waals surface area contributed by atoms with E-state index in [4.69, 9.17) is 11.6 Å². The first-order valence-corrected chi connectivity index (χ1v) is 4.64. The monoisotopic (exact) mass is 236 g/mol. The van der Waals surface area contributed by atoms with Crippen LogP contribution in [0.25, 0.3) is 0 Å². The molecule has 0 heterocycles. The van der Waals surface area contributed by atoms with Gasteiger partial charge < -0.3 is 0 Å². The Kier molecular flexibility index (Phi) is 3.39. The third-order valence-corrected chi connectivity index (χ3v) is 2.25. The fraction of sp³-hybridized carbons (Fsp3) is 0.300. The maximum Gasteiger partial charge on any atom is 0.416 e. The van der Waals surface area contributed by atoms with E-state index < -0.39 is 17.0 Å². The average molecular weight is 237 g/mol. The number of hydrogen-bond donors (Lipinski definition) is 0. The van der Waals surface area contributed by atoms with Crippen LogP contribution in [0, 0.1) is 0 Å². The maximum absolute atomic E-state index is 12.5. The molecule has 1 aromatic rings. The number of hydrogen-bond acceptors (Lipinski definition) is 1. The highest BCUT2D eigenvalue weighted by molar-refractivity contribution is 6.67. The lowest BCUT2D eigenvalue weighted by molar-refractivity contribution is -0.138. The van der Waals surface area contributed by atoms with Gasteiger partial charge in [-0.1, -0.05) is 13.0 Å². The van der Waals surface area contributed by atoms with E-state index in [2.05, 4.69) is 0 Å². The third-order valence-electron chi connectivity index (χ3n) is 2.05. The summed E-state index contributed by atoms with van der Waals surface area (Å²) in [5, 5.41) is -0.863. The summed E-state index contributed by atoms with van der Waals surface area (Å²) in [6.07, 6.45) is -4.34. The van der Waals surface area contributed by atoms with Gasteiger partial charge in [0.1, 0.15) is 0 Å². The Morgan fingerprint density at radius 2 is 2.00 bits per heavy atom. The zero-order valence-electron chi connectivity index (χ0n) is 7.86. The van der Waals surface area contributed by atoms with Crippen molar-refractivity contribution in [3.05, 3.63) is 34.9 Å². The first kappa shape index (κ1) is 12.0. The summed E-state index contributed by atoms with van der Waals surface area (Å²) in [6, 6.07) is 3.42. The molecule has 0 bridgehead atoms. The van der Waals surface area contributed by atoms with Gasteiger partial charge in [-0.3, -0.25) is 4.79 Å². The van der Waals surface area contributed by atoms with E-state index in [0.717, 1.165) is 6.07 Å². The predicted molar refractivity (Wildman–Crippen MR) is 51.0 cm³/mol. The van der Waals surface area contributed by atoms with Crippen molar-refractivity contribution in [3.63, 3.8) is 0 Å². The van der Waals surface area contributed by atoms with Gasteiger partial charge in [-0.15, -0.1) is 0 Å². The minimum Gasteiger partial charge on any atom is -0.276 e. The molecule has 0 aromatic heterocycles. The summed E-state index contributed by atoms with van der Waals surface area (Å²) >= 11 is 5.20. The highest BCUT2D eigenvalue weighted by Gasteiger charge is 2.34. The van der Waals surface area contributed by atoms with Crippen LogP contribution in [0.2, 0.25) is 0 Å². The first-order chi connectivity index (χ1) is 6.88. The Morgan fingerprint density at radius 3 is 2.40 bits per heavy atom. The van der Waals surface area contributed by atoms with Crippen LogP contribution in [-0.4, -0.2) is 5.24 Å². The molecule has 0 spiro atoms. The Labute approximate surface area is 89.9 Å². The Hall–Kier alpha value is -1.03. The molecule has 1 rings (SSSR count). The summed E-state index contributed by atoms with van der Waals surface area (Å²) < 4.78 is 37.6. The van der Waals surface area contributed by atoms with Crippen LogP contribution in [-0.2, 0) is 12.6 Å². The molecule has 0 saturated heterocycles. The van der Waals surface area contributed by atoms with Crippen LogP contribution in [0.15, 0.2) is 18.2 Å². The van der Waals surface area contributed by atoms with Gasteiger partial charge in [0.05, 0.1) is 5.56 Å². The topological polar surface area (TPSA) is 17.1 Å².